The van der Waals surface area contributed by atoms with Crippen LogP contribution >= 0.6 is 0 Å². The number of carbonyl (C=O) groups is 1. The highest BCUT2D eigenvalue weighted by atomic mass is 16.2. The minimum absolute atomic E-state index is 0.216. The molecule has 4 aromatic rings. The summed E-state index contributed by atoms with van der Waals surface area (Å²) in [4.78, 5) is 25.5. The molecule has 0 saturated carbocycles. The van der Waals surface area contributed by atoms with Crippen LogP contribution in [-0.2, 0) is 13.6 Å². The summed E-state index contributed by atoms with van der Waals surface area (Å²) < 4.78 is 3.32. The highest BCUT2D eigenvalue weighted by Gasteiger charge is 2.19. The van der Waals surface area contributed by atoms with Crippen molar-refractivity contribution >= 4 is 16.8 Å². The number of nitrogens with zero attached hydrogens (tertiary/aromatic N) is 3. The Balaban J connectivity index is 1.71. The van der Waals surface area contributed by atoms with E-state index in [2.05, 4.69) is 10.4 Å². The Bertz CT molecular complexity index is 1160. The van der Waals surface area contributed by atoms with Crippen LogP contribution in [0.25, 0.3) is 10.9 Å². The van der Waals surface area contributed by atoms with Crippen molar-refractivity contribution in [1.82, 2.24) is 19.7 Å². The number of aromatic nitrogens is 3. The molecule has 1 amide bonds. The van der Waals surface area contributed by atoms with Crippen LogP contribution in [0.2, 0.25) is 0 Å². The summed E-state index contributed by atoms with van der Waals surface area (Å²) in [5, 5.41) is 8.07. The number of carbonyl (C=O) groups excluding carboxylic acids is 1. The maximum absolute atomic E-state index is 13.1. The van der Waals surface area contributed by atoms with E-state index < -0.39 is 0 Å². The van der Waals surface area contributed by atoms with Crippen molar-refractivity contribution in [2.24, 2.45) is 7.05 Å². The Morgan fingerprint density at radius 1 is 1.07 bits per heavy atom. The molecule has 0 aliphatic carbocycles. The molecule has 4 rings (SSSR count). The molecular weight excluding hydrogens is 352 g/mol. The molecule has 0 fully saturated rings. The summed E-state index contributed by atoms with van der Waals surface area (Å²) in [6, 6.07) is 20.1. The maximum Gasteiger partial charge on any atom is 0.252 e. The second-order valence-corrected chi connectivity index (χ2v) is 6.64. The topological polar surface area (TPSA) is 68.9 Å². The van der Waals surface area contributed by atoms with Gasteiger partial charge in [0.1, 0.15) is 0 Å². The second-order valence-electron chi connectivity index (χ2n) is 6.64. The first-order valence-corrected chi connectivity index (χ1v) is 9.05. The van der Waals surface area contributed by atoms with Crippen molar-refractivity contribution in [1.29, 1.82) is 0 Å². The molecule has 1 atom stereocenters. The molecule has 6 heteroatoms. The fourth-order valence-electron chi connectivity index (χ4n) is 3.35. The Morgan fingerprint density at radius 2 is 1.82 bits per heavy atom. The first-order valence-electron chi connectivity index (χ1n) is 9.05. The number of hydrogen-bond acceptors (Lipinski definition) is 3. The van der Waals surface area contributed by atoms with E-state index in [0.29, 0.717) is 12.1 Å². The molecule has 6 nitrogen and oxygen atoms in total. The summed E-state index contributed by atoms with van der Waals surface area (Å²) in [6.45, 7) is 0.492. The molecule has 0 bridgehead atoms. The van der Waals surface area contributed by atoms with Gasteiger partial charge in [0, 0.05) is 30.9 Å². The quantitative estimate of drug-likeness (QED) is 0.586. The fourth-order valence-corrected chi connectivity index (χ4v) is 3.35. The van der Waals surface area contributed by atoms with Gasteiger partial charge in [-0.05, 0) is 17.7 Å². The number of fused-ring (bicyclic) bond motifs is 1. The zero-order valence-corrected chi connectivity index (χ0v) is 15.4. The van der Waals surface area contributed by atoms with Gasteiger partial charge in [-0.1, -0.05) is 48.5 Å². The fraction of sp³-hybridized carbons (Fsp3) is 0.136. The molecule has 140 valence electrons. The van der Waals surface area contributed by atoms with Gasteiger partial charge in [0.2, 0.25) is 0 Å². The number of rotatable bonds is 5. The Kier molecular flexibility index (Phi) is 4.76. The van der Waals surface area contributed by atoms with E-state index in [1.54, 1.807) is 22.5 Å². The smallest absolute Gasteiger partial charge is 0.252 e. The monoisotopic (exact) mass is 372 g/mol. The molecule has 0 saturated heterocycles. The number of benzene rings is 2. The van der Waals surface area contributed by atoms with Crippen LogP contribution in [0, 0.1) is 0 Å². The van der Waals surface area contributed by atoms with Gasteiger partial charge in [0.25, 0.3) is 11.5 Å². The SMILES string of the molecule is Cn1c(=O)cc(C(=O)N[C@@H](Cn2cccn2)c2ccccc2)c2ccccc21. The van der Waals surface area contributed by atoms with Crippen LogP contribution in [-0.4, -0.2) is 20.3 Å². The van der Waals surface area contributed by atoms with E-state index in [4.69, 9.17) is 0 Å². The van der Waals surface area contributed by atoms with Crippen molar-refractivity contribution in [3.05, 3.63) is 101 Å². The number of aryl methyl sites for hydroxylation is 1. The lowest BCUT2D eigenvalue weighted by molar-refractivity contribution is 0.0933. The van der Waals surface area contributed by atoms with Crippen molar-refractivity contribution in [2.75, 3.05) is 0 Å². The molecule has 0 unspecified atom stereocenters. The lowest BCUT2D eigenvalue weighted by atomic mass is 10.0. The maximum atomic E-state index is 13.1. The van der Waals surface area contributed by atoms with Crippen LogP contribution in [0.3, 0.4) is 0 Å². The summed E-state index contributed by atoms with van der Waals surface area (Å²) >= 11 is 0. The van der Waals surface area contributed by atoms with Gasteiger partial charge in [0.15, 0.2) is 0 Å². The van der Waals surface area contributed by atoms with Crippen LogP contribution in [0.15, 0.2) is 83.9 Å². The van der Waals surface area contributed by atoms with Gasteiger partial charge in [-0.15, -0.1) is 0 Å². The van der Waals surface area contributed by atoms with Crippen LogP contribution in [0.5, 0.6) is 0 Å². The normalized spacial score (nSPS) is 12.0. The number of nitrogens with one attached hydrogen (secondary N) is 1. The molecule has 0 aliphatic rings. The van der Waals surface area contributed by atoms with E-state index in [9.17, 15) is 9.59 Å². The summed E-state index contributed by atoms with van der Waals surface area (Å²) in [6.07, 6.45) is 3.56. The van der Waals surface area contributed by atoms with E-state index in [1.165, 1.54) is 6.07 Å². The highest BCUT2D eigenvalue weighted by Crippen LogP contribution is 2.19. The molecule has 0 radical (unpaired) electrons. The number of para-hydroxylation sites is 1. The second kappa shape index (κ2) is 7.52. The first-order chi connectivity index (χ1) is 13.6. The average Bonchev–Trinajstić information content (AvgIpc) is 3.24. The predicted molar refractivity (Wildman–Crippen MR) is 108 cm³/mol. The van der Waals surface area contributed by atoms with Crippen molar-refractivity contribution in [3.8, 4) is 0 Å². The molecule has 2 aromatic heterocycles. The van der Waals surface area contributed by atoms with Gasteiger partial charge >= 0.3 is 0 Å². The van der Waals surface area contributed by atoms with Crippen LogP contribution in [0.4, 0.5) is 0 Å². The Hall–Kier alpha value is -3.67. The Labute approximate surface area is 162 Å². The minimum Gasteiger partial charge on any atom is -0.343 e. The molecule has 0 aliphatic heterocycles. The third-order valence-electron chi connectivity index (χ3n) is 4.83. The number of pyridine rings is 1. The van der Waals surface area contributed by atoms with Gasteiger partial charge in [0.05, 0.1) is 23.7 Å². The molecule has 28 heavy (non-hydrogen) atoms. The predicted octanol–water partition coefficient (Wildman–Crippen LogP) is 2.91. The third-order valence-corrected chi connectivity index (χ3v) is 4.83. The number of amides is 1. The first kappa shape index (κ1) is 17.7. The van der Waals surface area contributed by atoms with Crippen LogP contribution < -0.4 is 10.9 Å². The standard InChI is InChI=1S/C22H20N4O2/c1-25-20-11-6-5-10-17(20)18(14-21(25)27)22(28)24-19(15-26-13-7-12-23-26)16-8-3-2-4-9-16/h2-14,19H,15H2,1H3,(H,24,28)/t19-/m0/s1. The van der Waals surface area contributed by atoms with E-state index >= 15 is 0 Å². The molecule has 2 heterocycles. The molecular formula is C22H20N4O2. The van der Waals surface area contributed by atoms with Gasteiger partial charge in [-0.3, -0.25) is 14.3 Å². The van der Waals surface area contributed by atoms with Crippen molar-refractivity contribution in [2.45, 2.75) is 12.6 Å². The average molecular weight is 372 g/mol. The van der Waals surface area contributed by atoms with E-state index in [0.717, 1.165) is 16.5 Å². The minimum atomic E-state index is -0.282. The molecule has 0 spiro atoms. The van der Waals surface area contributed by atoms with Gasteiger partial charge < -0.3 is 9.88 Å². The van der Waals surface area contributed by atoms with Crippen LogP contribution in [0.1, 0.15) is 22.0 Å². The van der Waals surface area contributed by atoms with E-state index in [-0.39, 0.29) is 17.5 Å². The number of hydrogen-bond donors (Lipinski definition) is 1. The van der Waals surface area contributed by atoms with Crippen molar-refractivity contribution < 1.29 is 4.79 Å². The summed E-state index contributed by atoms with van der Waals surface area (Å²) in [5.74, 6) is -0.282. The molecule has 2 aromatic carbocycles. The Morgan fingerprint density at radius 3 is 2.57 bits per heavy atom. The lowest BCUT2D eigenvalue weighted by Gasteiger charge is -2.20. The summed E-state index contributed by atoms with van der Waals surface area (Å²) in [7, 11) is 1.71. The van der Waals surface area contributed by atoms with Gasteiger partial charge in [-0.25, -0.2) is 0 Å². The largest absolute Gasteiger partial charge is 0.343 e. The van der Waals surface area contributed by atoms with Gasteiger partial charge in [-0.2, -0.15) is 5.10 Å². The lowest BCUT2D eigenvalue weighted by Crippen LogP contribution is -2.33. The zero-order valence-electron chi connectivity index (χ0n) is 15.4. The zero-order chi connectivity index (χ0) is 19.5. The third kappa shape index (κ3) is 3.44. The molecule has 1 N–H and O–H groups in total. The highest BCUT2D eigenvalue weighted by molar-refractivity contribution is 6.06. The summed E-state index contributed by atoms with van der Waals surface area (Å²) in [5.41, 5.74) is 1.86. The van der Waals surface area contributed by atoms with E-state index in [1.807, 2.05) is 66.9 Å². The van der Waals surface area contributed by atoms with Crippen molar-refractivity contribution in [3.63, 3.8) is 0 Å².